The topological polar surface area (TPSA) is 61.8 Å². The molecule has 0 bridgehead atoms. The second-order valence-electron chi connectivity index (χ2n) is 11.2. The van der Waals surface area contributed by atoms with Crippen molar-refractivity contribution in [1.82, 2.24) is 0 Å². The number of rotatable bonds is 4. The standard InChI is InChI=1S/C27H34O5/c1-15(2)31-19-9-8-16(10-20(19)30-7)23-24-17(28)11-26(3,4)13-21(24)32-22-14-27(5,6)12-18(29)25(22)23/h8-10,15,23H,11-14H2,1-7H3. The minimum atomic E-state index is -0.428. The molecule has 0 saturated carbocycles. The molecule has 1 heterocycles. The average molecular weight is 439 g/mol. The molecule has 0 saturated heterocycles. The zero-order valence-electron chi connectivity index (χ0n) is 20.3. The lowest BCUT2D eigenvalue weighted by Gasteiger charge is -2.42. The van der Waals surface area contributed by atoms with Crippen molar-refractivity contribution in [3.8, 4) is 11.5 Å². The molecule has 0 aromatic heterocycles. The quantitative estimate of drug-likeness (QED) is 0.587. The van der Waals surface area contributed by atoms with Crippen molar-refractivity contribution in [3.05, 3.63) is 46.4 Å². The Balaban J connectivity index is 1.89. The maximum Gasteiger partial charge on any atom is 0.163 e. The maximum absolute atomic E-state index is 13.4. The van der Waals surface area contributed by atoms with Gasteiger partial charge >= 0.3 is 0 Å². The Hall–Kier alpha value is -2.56. The van der Waals surface area contributed by atoms with Gasteiger partial charge in [-0.25, -0.2) is 0 Å². The monoisotopic (exact) mass is 438 g/mol. The van der Waals surface area contributed by atoms with Gasteiger partial charge in [-0.1, -0.05) is 33.8 Å². The molecule has 1 aromatic carbocycles. The smallest absolute Gasteiger partial charge is 0.163 e. The van der Waals surface area contributed by atoms with E-state index in [9.17, 15) is 9.59 Å². The third-order valence-corrected chi connectivity index (χ3v) is 6.47. The molecule has 32 heavy (non-hydrogen) atoms. The number of allylic oxidation sites excluding steroid dienone is 4. The van der Waals surface area contributed by atoms with Crippen LogP contribution in [0.1, 0.15) is 78.7 Å². The number of Topliss-reactive ketones (excluding diaryl/α,β-unsaturated/α-hetero) is 2. The Morgan fingerprint density at radius 2 is 1.41 bits per heavy atom. The van der Waals surface area contributed by atoms with Crippen molar-refractivity contribution in [3.63, 3.8) is 0 Å². The molecule has 0 spiro atoms. The highest BCUT2D eigenvalue weighted by Gasteiger charge is 2.47. The SMILES string of the molecule is COc1cc(C2C3=C(CC(C)(C)CC3=O)OC3=C2C(=O)CC(C)(C)C3)ccc1OC(C)C. The van der Waals surface area contributed by atoms with Crippen molar-refractivity contribution in [1.29, 1.82) is 0 Å². The minimum Gasteiger partial charge on any atom is -0.493 e. The molecule has 172 valence electrons. The first kappa shape index (κ1) is 22.6. The van der Waals surface area contributed by atoms with E-state index in [-0.39, 0.29) is 28.5 Å². The van der Waals surface area contributed by atoms with E-state index in [1.807, 2.05) is 32.0 Å². The summed E-state index contributed by atoms with van der Waals surface area (Å²) in [6.45, 7) is 12.3. The predicted octanol–water partition coefficient (Wildman–Crippen LogP) is 5.88. The molecule has 0 fully saturated rings. The van der Waals surface area contributed by atoms with Crippen LogP contribution < -0.4 is 9.47 Å². The van der Waals surface area contributed by atoms with E-state index < -0.39 is 5.92 Å². The fourth-order valence-electron chi connectivity index (χ4n) is 5.22. The molecule has 5 nitrogen and oxygen atoms in total. The van der Waals surface area contributed by atoms with Crippen LogP contribution in [0.15, 0.2) is 40.9 Å². The molecule has 1 aliphatic heterocycles. The second-order valence-corrected chi connectivity index (χ2v) is 11.2. The maximum atomic E-state index is 13.4. The summed E-state index contributed by atoms with van der Waals surface area (Å²) >= 11 is 0. The van der Waals surface area contributed by atoms with E-state index in [1.165, 1.54) is 0 Å². The zero-order chi connectivity index (χ0) is 23.4. The third kappa shape index (κ3) is 4.10. The van der Waals surface area contributed by atoms with Gasteiger partial charge in [0.25, 0.3) is 0 Å². The average Bonchev–Trinajstić information content (AvgIpc) is 2.64. The summed E-state index contributed by atoms with van der Waals surface area (Å²) in [5, 5.41) is 0. The molecule has 0 amide bonds. The van der Waals surface area contributed by atoms with Gasteiger partial charge in [0.15, 0.2) is 23.1 Å². The van der Waals surface area contributed by atoms with Crippen molar-refractivity contribution < 1.29 is 23.8 Å². The first-order chi connectivity index (χ1) is 14.9. The number of benzene rings is 1. The van der Waals surface area contributed by atoms with E-state index in [4.69, 9.17) is 14.2 Å². The first-order valence-corrected chi connectivity index (χ1v) is 11.5. The Morgan fingerprint density at radius 3 is 1.88 bits per heavy atom. The van der Waals surface area contributed by atoms with E-state index in [0.29, 0.717) is 48.3 Å². The number of carbonyl (C=O) groups is 2. The first-order valence-electron chi connectivity index (χ1n) is 11.5. The Morgan fingerprint density at radius 1 is 0.875 bits per heavy atom. The van der Waals surface area contributed by atoms with Gasteiger partial charge in [0.05, 0.1) is 13.2 Å². The van der Waals surface area contributed by atoms with E-state index in [0.717, 1.165) is 17.1 Å². The van der Waals surface area contributed by atoms with E-state index >= 15 is 0 Å². The summed E-state index contributed by atoms with van der Waals surface area (Å²) in [6.07, 6.45) is 2.26. The number of ketones is 2. The fourth-order valence-corrected chi connectivity index (χ4v) is 5.22. The van der Waals surface area contributed by atoms with Crippen LogP contribution in [0.5, 0.6) is 11.5 Å². The van der Waals surface area contributed by atoms with Crippen molar-refractivity contribution >= 4 is 11.6 Å². The highest BCUT2D eigenvalue weighted by atomic mass is 16.5. The molecule has 0 unspecified atom stereocenters. The van der Waals surface area contributed by atoms with Crippen molar-refractivity contribution in [2.75, 3.05) is 7.11 Å². The lowest BCUT2D eigenvalue weighted by molar-refractivity contribution is -0.120. The molecule has 5 heteroatoms. The highest BCUT2D eigenvalue weighted by Crippen LogP contribution is 2.53. The van der Waals surface area contributed by atoms with Crippen LogP contribution in [-0.4, -0.2) is 24.8 Å². The van der Waals surface area contributed by atoms with Crippen molar-refractivity contribution in [2.24, 2.45) is 10.8 Å². The van der Waals surface area contributed by atoms with E-state index in [1.54, 1.807) is 7.11 Å². The largest absolute Gasteiger partial charge is 0.493 e. The summed E-state index contributed by atoms with van der Waals surface area (Å²) in [4.78, 5) is 26.8. The number of hydrogen-bond acceptors (Lipinski definition) is 5. The summed E-state index contributed by atoms with van der Waals surface area (Å²) < 4.78 is 17.8. The summed E-state index contributed by atoms with van der Waals surface area (Å²) in [7, 11) is 1.61. The van der Waals surface area contributed by atoms with Gasteiger partial charge in [0, 0.05) is 42.7 Å². The van der Waals surface area contributed by atoms with Gasteiger partial charge in [-0.3, -0.25) is 9.59 Å². The van der Waals surface area contributed by atoms with Gasteiger partial charge in [-0.15, -0.1) is 0 Å². The molecular formula is C27H34O5. The highest BCUT2D eigenvalue weighted by molar-refractivity contribution is 6.06. The van der Waals surface area contributed by atoms with Crippen LogP contribution >= 0.6 is 0 Å². The number of ether oxygens (including phenoxy) is 3. The van der Waals surface area contributed by atoms with Gasteiger partial charge in [0.1, 0.15) is 11.5 Å². The number of carbonyl (C=O) groups excluding carboxylic acids is 2. The number of hydrogen-bond donors (Lipinski definition) is 0. The van der Waals surface area contributed by atoms with E-state index in [2.05, 4.69) is 27.7 Å². The molecule has 1 aromatic rings. The lowest BCUT2D eigenvalue weighted by Crippen LogP contribution is -2.37. The molecule has 4 rings (SSSR count). The van der Waals surface area contributed by atoms with Gasteiger partial charge < -0.3 is 14.2 Å². The molecule has 0 radical (unpaired) electrons. The molecule has 0 N–H and O–H groups in total. The molecular weight excluding hydrogens is 404 g/mol. The summed E-state index contributed by atoms with van der Waals surface area (Å²) in [5.41, 5.74) is 1.80. The van der Waals surface area contributed by atoms with Crippen LogP contribution in [0.4, 0.5) is 0 Å². The van der Waals surface area contributed by atoms with Crippen LogP contribution in [0.2, 0.25) is 0 Å². The third-order valence-electron chi connectivity index (χ3n) is 6.47. The van der Waals surface area contributed by atoms with Crippen LogP contribution in [-0.2, 0) is 14.3 Å². The van der Waals surface area contributed by atoms with Gasteiger partial charge in [-0.2, -0.15) is 0 Å². The Bertz CT molecular complexity index is 986. The second kappa shape index (κ2) is 7.79. The molecule has 2 aliphatic carbocycles. The molecule has 0 atom stereocenters. The minimum absolute atomic E-state index is 0.00533. The Labute approximate surface area is 190 Å². The predicted molar refractivity (Wildman–Crippen MR) is 123 cm³/mol. The zero-order valence-corrected chi connectivity index (χ0v) is 20.3. The fraction of sp³-hybridized carbons (Fsp3) is 0.556. The summed E-state index contributed by atoms with van der Waals surface area (Å²) in [6, 6.07) is 5.73. The Kier molecular flexibility index (Phi) is 5.51. The van der Waals surface area contributed by atoms with Crippen molar-refractivity contribution in [2.45, 2.75) is 79.2 Å². The normalized spacial score (nSPS) is 22.5. The summed E-state index contributed by atoms with van der Waals surface area (Å²) in [5.74, 6) is 2.39. The lowest BCUT2D eigenvalue weighted by atomic mass is 9.65. The van der Waals surface area contributed by atoms with Gasteiger partial charge in [-0.05, 0) is 42.4 Å². The molecule has 3 aliphatic rings. The van der Waals surface area contributed by atoms with Gasteiger partial charge in [0.2, 0.25) is 0 Å². The number of methoxy groups -OCH3 is 1. The van der Waals surface area contributed by atoms with Crippen LogP contribution in [0, 0.1) is 10.8 Å². The van der Waals surface area contributed by atoms with Crippen LogP contribution in [0.3, 0.4) is 0 Å². The van der Waals surface area contributed by atoms with Crippen LogP contribution in [0.25, 0.3) is 0 Å².